The molecule has 1 aromatic heterocycles. The first-order chi connectivity index (χ1) is 14.7. The van der Waals surface area contributed by atoms with Crippen LogP contribution in [0.2, 0.25) is 5.02 Å². The number of anilines is 5. The molecule has 0 unspecified atom stereocenters. The molecule has 0 aliphatic heterocycles. The van der Waals surface area contributed by atoms with Crippen molar-refractivity contribution in [3.63, 3.8) is 0 Å². The molecule has 3 N–H and O–H groups in total. The third-order valence-corrected chi connectivity index (χ3v) is 5.01. The van der Waals surface area contributed by atoms with Crippen LogP contribution in [0.25, 0.3) is 0 Å². The van der Waals surface area contributed by atoms with E-state index in [1.54, 1.807) is 55.6 Å². The molecule has 0 saturated heterocycles. The fraction of sp³-hybridized carbons (Fsp3) is 0.200. The van der Waals surface area contributed by atoms with Gasteiger partial charge in [-0.25, -0.2) is 9.97 Å². The molecule has 6 nitrogen and oxygen atoms in total. The summed E-state index contributed by atoms with van der Waals surface area (Å²) in [6.07, 6.45) is -2.96. The van der Waals surface area contributed by atoms with E-state index in [1.807, 2.05) is 0 Å². The van der Waals surface area contributed by atoms with Crippen LogP contribution >= 0.6 is 23.5 Å². The van der Waals surface area contributed by atoms with E-state index in [4.69, 9.17) is 11.6 Å². The van der Waals surface area contributed by atoms with Crippen LogP contribution in [0.1, 0.15) is 0 Å². The lowest BCUT2D eigenvalue weighted by Gasteiger charge is -2.24. The summed E-state index contributed by atoms with van der Waals surface area (Å²) in [7, 11) is 3.16. The molecular formula is C20H20ClF3N6S. The van der Waals surface area contributed by atoms with E-state index in [9.17, 15) is 13.2 Å². The van der Waals surface area contributed by atoms with E-state index in [0.29, 0.717) is 28.0 Å². The Morgan fingerprint density at radius 3 is 2.32 bits per heavy atom. The summed E-state index contributed by atoms with van der Waals surface area (Å²) in [5.74, 6) is 0.950. The first-order valence-corrected chi connectivity index (χ1v) is 10.3. The zero-order chi connectivity index (χ0) is 22.4. The van der Waals surface area contributed by atoms with Gasteiger partial charge in [-0.3, -0.25) is 4.72 Å². The van der Waals surface area contributed by atoms with E-state index < -0.39 is 12.7 Å². The standard InChI is InChI=1S/C20H20ClF3N6S/c1-25-31-15-7-8-17(30(2)11-20(22,23)24)16(9-15)29-19-10-18(26-12-27-19)28-14-5-3-13(21)4-6-14/h3-10,12,25H,11H2,1-2H3,(H2,26,27,28,29). The Hall–Kier alpha value is -2.69. The lowest BCUT2D eigenvalue weighted by Crippen LogP contribution is -2.31. The monoisotopic (exact) mass is 468 g/mol. The Kier molecular flexibility index (Phi) is 7.47. The van der Waals surface area contributed by atoms with Gasteiger partial charge >= 0.3 is 6.18 Å². The maximum absolute atomic E-state index is 12.9. The van der Waals surface area contributed by atoms with Crippen molar-refractivity contribution in [1.29, 1.82) is 0 Å². The minimum absolute atomic E-state index is 0.392. The van der Waals surface area contributed by atoms with Crippen LogP contribution in [0.5, 0.6) is 0 Å². The molecule has 0 radical (unpaired) electrons. The van der Waals surface area contributed by atoms with Crippen LogP contribution in [0.4, 0.5) is 41.9 Å². The zero-order valence-electron chi connectivity index (χ0n) is 16.7. The number of nitrogens with one attached hydrogen (secondary N) is 3. The van der Waals surface area contributed by atoms with Crippen molar-refractivity contribution in [1.82, 2.24) is 14.7 Å². The summed E-state index contributed by atoms with van der Waals surface area (Å²) in [5.41, 5.74) is 1.67. The summed E-state index contributed by atoms with van der Waals surface area (Å²) in [6, 6.07) is 13.9. The predicted molar refractivity (Wildman–Crippen MR) is 121 cm³/mol. The van der Waals surface area contributed by atoms with Gasteiger partial charge in [0.1, 0.15) is 24.5 Å². The Morgan fingerprint density at radius 2 is 1.68 bits per heavy atom. The van der Waals surface area contributed by atoms with Gasteiger partial charge in [0.15, 0.2) is 0 Å². The van der Waals surface area contributed by atoms with Crippen LogP contribution in [-0.2, 0) is 0 Å². The molecule has 2 aromatic carbocycles. The Balaban J connectivity index is 1.86. The van der Waals surface area contributed by atoms with E-state index >= 15 is 0 Å². The summed E-state index contributed by atoms with van der Waals surface area (Å²) >= 11 is 7.25. The van der Waals surface area contributed by atoms with Crippen LogP contribution < -0.4 is 20.3 Å². The van der Waals surface area contributed by atoms with Crippen LogP contribution in [0, 0.1) is 0 Å². The van der Waals surface area contributed by atoms with E-state index in [0.717, 1.165) is 15.5 Å². The number of rotatable bonds is 8. The van der Waals surface area contributed by atoms with E-state index in [1.165, 1.54) is 25.3 Å². The maximum atomic E-state index is 12.9. The summed E-state index contributed by atoms with van der Waals surface area (Å²) in [4.78, 5) is 10.4. The Morgan fingerprint density at radius 1 is 1.00 bits per heavy atom. The number of halogens is 4. The summed E-state index contributed by atoms with van der Waals surface area (Å²) < 4.78 is 41.7. The van der Waals surface area contributed by atoms with Crippen molar-refractivity contribution < 1.29 is 13.2 Å². The highest BCUT2D eigenvalue weighted by molar-refractivity contribution is 7.97. The van der Waals surface area contributed by atoms with Crippen LogP contribution in [0.15, 0.2) is 59.8 Å². The average molecular weight is 469 g/mol. The molecule has 0 aliphatic rings. The van der Waals surface area contributed by atoms with Crippen molar-refractivity contribution in [2.75, 3.05) is 36.2 Å². The van der Waals surface area contributed by atoms with Gasteiger partial charge in [-0.05, 0) is 61.5 Å². The highest BCUT2D eigenvalue weighted by Crippen LogP contribution is 2.33. The van der Waals surface area contributed by atoms with Gasteiger partial charge in [0.2, 0.25) is 0 Å². The second-order valence-corrected chi connectivity index (χ2v) is 8.02. The molecule has 3 aromatic rings. The first kappa shape index (κ1) is 23.0. The van der Waals surface area contributed by atoms with Crippen LogP contribution in [-0.4, -0.2) is 36.8 Å². The quantitative estimate of drug-likeness (QED) is 0.359. The fourth-order valence-corrected chi connectivity index (χ4v) is 3.47. The highest BCUT2D eigenvalue weighted by atomic mass is 35.5. The number of nitrogens with zero attached hydrogens (tertiary/aromatic N) is 3. The molecular weight excluding hydrogens is 449 g/mol. The molecule has 0 aliphatic carbocycles. The number of aromatic nitrogens is 2. The molecule has 0 saturated carbocycles. The largest absolute Gasteiger partial charge is 0.405 e. The van der Waals surface area contributed by atoms with Gasteiger partial charge in [0.25, 0.3) is 0 Å². The van der Waals surface area contributed by atoms with Gasteiger partial charge in [-0.15, -0.1) is 0 Å². The Labute approximate surface area is 187 Å². The molecule has 11 heteroatoms. The minimum atomic E-state index is -4.32. The highest BCUT2D eigenvalue weighted by Gasteiger charge is 2.30. The van der Waals surface area contributed by atoms with Gasteiger partial charge < -0.3 is 15.5 Å². The maximum Gasteiger partial charge on any atom is 0.405 e. The number of alkyl halides is 3. The summed E-state index contributed by atoms with van der Waals surface area (Å²) in [6.45, 7) is -1.08. The second-order valence-electron chi connectivity index (χ2n) is 6.50. The van der Waals surface area contributed by atoms with E-state index in [-0.39, 0.29) is 0 Å². The lowest BCUT2D eigenvalue weighted by molar-refractivity contribution is -0.119. The van der Waals surface area contributed by atoms with Crippen molar-refractivity contribution >= 4 is 52.2 Å². The van der Waals surface area contributed by atoms with Crippen molar-refractivity contribution in [3.8, 4) is 0 Å². The third-order valence-electron chi connectivity index (χ3n) is 4.06. The normalized spacial score (nSPS) is 11.3. The lowest BCUT2D eigenvalue weighted by atomic mass is 10.2. The first-order valence-electron chi connectivity index (χ1n) is 9.11. The van der Waals surface area contributed by atoms with Gasteiger partial charge in [-0.1, -0.05) is 11.6 Å². The molecule has 164 valence electrons. The number of hydrogen-bond donors (Lipinski definition) is 3. The van der Waals surface area contributed by atoms with Crippen molar-refractivity contribution in [3.05, 3.63) is 59.9 Å². The number of benzene rings is 2. The van der Waals surface area contributed by atoms with Gasteiger partial charge in [-0.2, -0.15) is 13.2 Å². The fourth-order valence-electron chi connectivity index (χ4n) is 2.80. The molecule has 0 spiro atoms. The topological polar surface area (TPSA) is 65.1 Å². The van der Waals surface area contributed by atoms with Crippen molar-refractivity contribution in [2.45, 2.75) is 11.1 Å². The molecule has 0 atom stereocenters. The minimum Gasteiger partial charge on any atom is -0.364 e. The Bertz CT molecular complexity index is 1020. The predicted octanol–water partition coefficient (Wildman–Crippen LogP) is 5.84. The van der Waals surface area contributed by atoms with E-state index in [2.05, 4.69) is 25.3 Å². The zero-order valence-corrected chi connectivity index (χ0v) is 18.2. The number of hydrogen-bond acceptors (Lipinski definition) is 7. The molecule has 31 heavy (non-hydrogen) atoms. The van der Waals surface area contributed by atoms with Crippen molar-refractivity contribution in [2.24, 2.45) is 0 Å². The molecule has 0 fully saturated rings. The van der Waals surface area contributed by atoms with Crippen LogP contribution in [0.3, 0.4) is 0 Å². The molecule has 0 amide bonds. The van der Waals surface area contributed by atoms with Gasteiger partial charge in [0, 0.05) is 28.7 Å². The third kappa shape index (κ3) is 6.91. The second kappa shape index (κ2) is 10.1. The molecule has 1 heterocycles. The smallest absolute Gasteiger partial charge is 0.364 e. The average Bonchev–Trinajstić information content (AvgIpc) is 2.69. The molecule has 0 bridgehead atoms. The molecule has 3 rings (SSSR count). The van der Waals surface area contributed by atoms with Gasteiger partial charge in [0.05, 0.1) is 11.4 Å². The SMILES string of the molecule is CNSc1ccc(N(C)CC(F)(F)F)c(Nc2cc(Nc3ccc(Cl)cc3)ncn2)c1. The summed E-state index contributed by atoms with van der Waals surface area (Å²) in [5, 5.41) is 6.86.